The van der Waals surface area contributed by atoms with Crippen molar-refractivity contribution in [2.75, 3.05) is 7.02 Å². The summed E-state index contributed by atoms with van der Waals surface area (Å²) in [5.41, 5.74) is 0.264. The molecule has 0 saturated carbocycles. The molecule has 1 aromatic heterocycles. The fraction of sp³-hybridized carbons (Fsp3) is 0.583. The maximum atomic E-state index is 11.9. The molecule has 0 radical (unpaired) electrons. The molecule has 1 heterocycles. The minimum Gasteiger partial charge on any atom is -0.444 e. The highest BCUT2D eigenvalue weighted by Gasteiger charge is 2.22. The Morgan fingerprint density at radius 1 is 1.68 bits per heavy atom. The molecule has 0 atom stereocenters. The Kier molecular flexibility index (Phi) is 4.10. The minimum atomic E-state index is -0.621. The summed E-state index contributed by atoms with van der Waals surface area (Å²) < 4.78 is 14.6. The molecule has 0 aromatic carbocycles. The summed E-state index contributed by atoms with van der Waals surface area (Å²) in [6.07, 6.45) is -0.580. The van der Waals surface area contributed by atoms with E-state index >= 15 is 0 Å². The van der Waals surface area contributed by atoms with Gasteiger partial charge in [0.25, 0.3) is 0 Å². The number of rotatable bonds is 2. The number of nitriles is 1. The number of ether oxygens (including phenoxy) is 1. The molecule has 104 valence electrons. The van der Waals surface area contributed by atoms with Crippen molar-refractivity contribution >= 4 is 22.0 Å². The van der Waals surface area contributed by atoms with E-state index in [2.05, 4.69) is 21.0 Å². The quantitative estimate of drug-likeness (QED) is 0.835. The van der Waals surface area contributed by atoms with Crippen LogP contribution in [0.4, 0.5) is 4.79 Å². The fourth-order valence-corrected chi connectivity index (χ4v) is 1.90. The Morgan fingerprint density at radius 2 is 2.32 bits per heavy atom. The number of carbonyl (C=O) groups is 1. The molecular formula is C12H17BrN4O2. The SMILES string of the molecule is [2H]CN(Cc1nn(C)c(C#N)c1Br)C(=O)OC(C)(C)C. The summed E-state index contributed by atoms with van der Waals surface area (Å²) >= 11 is 3.28. The zero-order valence-corrected chi connectivity index (χ0v) is 13.0. The van der Waals surface area contributed by atoms with Gasteiger partial charge in [0.1, 0.15) is 11.7 Å². The smallest absolute Gasteiger partial charge is 0.410 e. The van der Waals surface area contributed by atoms with Gasteiger partial charge in [-0.1, -0.05) is 0 Å². The Bertz CT molecular complexity index is 545. The lowest BCUT2D eigenvalue weighted by molar-refractivity contribution is 0.0282. The number of halogens is 1. The molecule has 0 spiro atoms. The molecule has 0 aliphatic heterocycles. The van der Waals surface area contributed by atoms with Crippen LogP contribution in [0.15, 0.2) is 4.47 Å². The van der Waals surface area contributed by atoms with Gasteiger partial charge in [0.05, 0.1) is 16.7 Å². The van der Waals surface area contributed by atoms with Gasteiger partial charge in [0.2, 0.25) is 0 Å². The highest BCUT2D eigenvalue weighted by atomic mass is 79.9. The second-order valence-electron chi connectivity index (χ2n) is 5.02. The standard InChI is InChI=1S/C12H17BrN4O2/c1-12(2,3)19-11(18)16(4)7-8-10(13)9(6-14)17(5)15-8/h7H2,1-5H3/i4D. The third-order valence-corrected chi connectivity index (χ3v) is 2.99. The fourth-order valence-electron chi connectivity index (χ4n) is 1.35. The van der Waals surface area contributed by atoms with Gasteiger partial charge in [-0.25, -0.2) is 4.79 Å². The molecule has 0 saturated heterocycles. The van der Waals surface area contributed by atoms with E-state index in [1.807, 2.05) is 6.07 Å². The lowest BCUT2D eigenvalue weighted by atomic mass is 10.2. The van der Waals surface area contributed by atoms with Gasteiger partial charge in [-0.3, -0.25) is 4.68 Å². The first-order valence-electron chi connectivity index (χ1n) is 6.29. The van der Waals surface area contributed by atoms with Crippen molar-refractivity contribution in [1.29, 1.82) is 5.26 Å². The molecule has 0 aliphatic rings. The van der Waals surface area contributed by atoms with Gasteiger partial charge >= 0.3 is 6.09 Å². The van der Waals surface area contributed by atoms with E-state index in [1.54, 1.807) is 27.8 Å². The van der Waals surface area contributed by atoms with Crippen LogP contribution in [0.5, 0.6) is 0 Å². The molecule has 0 aliphatic carbocycles. The number of nitrogens with zero attached hydrogens (tertiary/aromatic N) is 4. The second kappa shape index (κ2) is 5.61. The van der Waals surface area contributed by atoms with Crippen molar-refractivity contribution in [1.82, 2.24) is 14.7 Å². The largest absolute Gasteiger partial charge is 0.444 e. The van der Waals surface area contributed by atoms with Crippen molar-refractivity contribution in [2.45, 2.75) is 32.9 Å². The van der Waals surface area contributed by atoms with Gasteiger partial charge in [-0.05, 0) is 36.7 Å². The molecule has 19 heavy (non-hydrogen) atoms. The van der Waals surface area contributed by atoms with Crippen LogP contribution in [0, 0.1) is 11.3 Å². The van der Waals surface area contributed by atoms with Crippen molar-refractivity contribution in [3.8, 4) is 6.07 Å². The average molecular weight is 330 g/mol. The van der Waals surface area contributed by atoms with Crippen LogP contribution in [0.2, 0.25) is 0 Å². The van der Waals surface area contributed by atoms with Crippen LogP contribution >= 0.6 is 15.9 Å². The van der Waals surface area contributed by atoms with E-state index in [0.29, 0.717) is 15.9 Å². The van der Waals surface area contributed by atoms with E-state index in [9.17, 15) is 4.79 Å². The maximum absolute atomic E-state index is 11.9. The van der Waals surface area contributed by atoms with Gasteiger partial charge in [0, 0.05) is 15.4 Å². The molecule has 1 amide bonds. The van der Waals surface area contributed by atoms with Crippen molar-refractivity contribution in [3.05, 3.63) is 15.9 Å². The predicted molar refractivity (Wildman–Crippen MR) is 73.3 cm³/mol. The van der Waals surface area contributed by atoms with E-state index in [1.165, 1.54) is 9.58 Å². The van der Waals surface area contributed by atoms with E-state index < -0.39 is 11.7 Å². The normalized spacial score (nSPS) is 11.7. The van der Waals surface area contributed by atoms with E-state index in [0.717, 1.165) is 0 Å². The topological polar surface area (TPSA) is 71.2 Å². The number of carbonyl (C=O) groups excluding carboxylic acids is 1. The van der Waals surface area contributed by atoms with Crippen LogP contribution in [-0.4, -0.2) is 33.4 Å². The summed E-state index contributed by atoms with van der Waals surface area (Å²) in [4.78, 5) is 13.1. The molecule has 0 bridgehead atoms. The lowest BCUT2D eigenvalue weighted by Crippen LogP contribution is -2.34. The first kappa shape index (κ1) is 13.9. The summed E-state index contributed by atoms with van der Waals surface area (Å²) in [7, 11) is 1.39. The maximum Gasteiger partial charge on any atom is 0.410 e. The zero-order chi connectivity index (χ0) is 15.5. The van der Waals surface area contributed by atoms with Crippen LogP contribution in [0.25, 0.3) is 0 Å². The van der Waals surface area contributed by atoms with Crippen LogP contribution in [0.1, 0.15) is 33.5 Å². The Labute approximate surface area is 122 Å². The molecule has 7 heteroatoms. The molecule has 0 fully saturated rings. The number of hydrogen-bond donors (Lipinski definition) is 0. The highest BCUT2D eigenvalue weighted by Crippen LogP contribution is 2.21. The van der Waals surface area contributed by atoms with Crippen molar-refractivity contribution in [3.63, 3.8) is 0 Å². The summed E-state index contributed by atoms with van der Waals surface area (Å²) in [5.74, 6) is 0. The summed E-state index contributed by atoms with van der Waals surface area (Å²) in [6, 6.07) is 2.01. The van der Waals surface area contributed by atoms with Gasteiger partial charge in [-0.2, -0.15) is 10.4 Å². The average Bonchev–Trinajstić information content (AvgIpc) is 2.58. The summed E-state index contributed by atoms with van der Waals surface area (Å²) in [6.45, 7) is 5.39. The Morgan fingerprint density at radius 3 is 2.74 bits per heavy atom. The zero-order valence-electron chi connectivity index (χ0n) is 12.4. The Balaban J connectivity index is 2.90. The van der Waals surface area contributed by atoms with E-state index in [-0.39, 0.29) is 13.6 Å². The molecule has 6 nitrogen and oxygen atoms in total. The number of hydrogen-bond acceptors (Lipinski definition) is 4. The third-order valence-electron chi connectivity index (χ3n) is 2.15. The van der Waals surface area contributed by atoms with Gasteiger partial charge in [-0.15, -0.1) is 0 Å². The first-order valence-corrected chi connectivity index (χ1v) is 6.37. The van der Waals surface area contributed by atoms with Crippen LogP contribution in [-0.2, 0) is 18.3 Å². The number of amides is 1. The Hall–Kier alpha value is -1.55. The minimum absolute atomic E-state index is 0.106. The number of aromatic nitrogens is 2. The van der Waals surface area contributed by atoms with Gasteiger partial charge < -0.3 is 9.64 Å². The lowest BCUT2D eigenvalue weighted by Gasteiger charge is -2.24. The van der Waals surface area contributed by atoms with Gasteiger partial charge in [0.15, 0.2) is 5.69 Å². The molecule has 1 rings (SSSR count). The third kappa shape index (κ3) is 3.96. The van der Waals surface area contributed by atoms with Crippen LogP contribution in [0.3, 0.4) is 0 Å². The number of aryl methyl sites for hydroxylation is 1. The predicted octanol–water partition coefficient (Wildman–Crippen LogP) is 2.42. The molecule has 1 aromatic rings. The second-order valence-corrected chi connectivity index (χ2v) is 5.82. The molecule has 0 N–H and O–H groups in total. The monoisotopic (exact) mass is 329 g/mol. The van der Waals surface area contributed by atoms with Crippen molar-refractivity contribution < 1.29 is 10.9 Å². The van der Waals surface area contributed by atoms with Crippen LogP contribution < -0.4 is 0 Å². The van der Waals surface area contributed by atoms with E-state index in [4.69, 9.17) is 11.4 Å². The molecular weight excluding hydrogens is 312 g/mol. The highest BCUT2D eigenvalue weighted by molar-refractivity contribution is 9.10. The summed E-state index contributed by atoms with van der Waals surface area (Å²) in [5, 5.41) is 13.1. The first-order chi connectivity index (χ1) is 9.19. The van der Waals surface area contributed by atoms with Crippen molar-refractivity contribution in [2.24, 2.45) is 7.05 Å². The molecule has 0 unspecified atom stereocenters.